The maximum absolute atomic E-state index is 12.3. The number of hydrogen-bond donors (Lipinski definition) is 3. The maximum Gasteiger partial charge on any atom is 0.303 e. The Hall–Kier alpha value is -3.56. The lowest BCUT2D eigenvalue weighted by atomic mass is 9.98. The summed E-state index contributed by atoms with van der Waals surface area (Å²) in [5, 5.41) is 21.3. The molecule has 3 aromatic rings. The number of carboxylic acid groups (broad SMARTS) is 1. The van der Waals surface area contributed by atoms with Gasteiger partial charge in [0.25, 0.3) is 0 Å². The third kappa shape index (κ3) is 10.2. The molecule has 2 aliphatic rings. The molecule has 246 valence electrons. The van der Waals surface area contributed by atoms with Crippen molar-refractivity contribution in [3.63, 3.8) is 0 Å². The monoisotopic (exact) mass is 628 g/mol. The number of aliphatic hydroxyl groups excluding tert-OH is 1. The van der Waals surface area contributed by atoms with E-state index in [0.29, 0.717) is 25.8 Å². The molecular formula is C38H48N2O6. The number of carbonyl (C=O) groups is 2. The fraction of sp³-hybridized carbons (Fsp3) is 0.474. The van der Waals surface area contributed by atoms with E-state index in [2.05, 4.69) is 52.7 Å². The molecular weight excluding hydrogens is 580 g/mol. The zero-order valence-electron chi connectivity index (χ0n) is 26.7. The van der Waals surface area contributed by atoms with Crippen molar-refractivity contribution in [1.29, 1.82) is 0 Å². The van der Waals surface area contributed by atoms with Crippen molar-refractivity contribution in [3.8, 4) is 11.1 Å². The molecule has 0 spiro atoms. The molecule has 0 bridgehead atoms. The highest BCUT2D eigenvalue weighted by Gasteiger charge is 2.33. The Morgan fingerprint density at radius 1 is 0.783 bits per heavy atom. The molecule has 8 nitrogen and oxygen atoms in total. The highest BCUT2D eigenvalue weighted by Crippen LogP contribution is 2.39. The van der Waals surface area contributed by atoms with Gasteiger partial charge in [0.2, 0.25) is 5.91 Å². The first-order valence-electron chi connectivity index (χ1n) is 16.9. The van der Waals surface area contributed by atoms with Crippen LogP contribution >= 0.6 is 0 Å². The summed E-state index contributed by atoms with van der Waals surface area (Å²) in [7, 11) is 0. The second kappa shape index (κ2) is 17.4. The number of amides is 1. The number of aliphatic carboxylic acids is 1. The molecule has 0 saturated carbocycles. The van der Waals surface area contributed by atoms with Gasteiger partial charge < -0.3 is 29.9 Å². The lowest BCUT2D eigenvalue weighted by molar-refractivity contribution is -0.253. The molecule has 3 N–H and O–H groups in total. The summed E-state index contributed by atoms with van der Waals surface area (Å²) in [6, 6.07) is 24.5. The van der Waals surface area contributed by atoms with E-state index in [4.69, 9.17) is 14.6 Å². The van der Waals surface area contributed by atoms with Crippen molar-refractivity contribution in [2.75, 3.05) is 19.6 Å². The van der Waals surface area contributed by atoms with Crippen LogP contribution in [0.15, 0.2) is 72.8 Å². The van der Waals surface area contributed by atoms with Crippen LogP contribution < -0.4 is 5.32 Å². The van der Waals surface area contributed by atoms with Crippen LogP contribution in [0.1, 0.15) is 98.9 Å². The SMILES string of the molecule is O=C(O)CCCCC(=O)NCc1cccc(-c2cccc(C3OC(CN4CCCCCCC4)CC(c4ccc(CO)cc4)O3)c2)c1. The van der Waals surface area contributed by atoms with Gasteiger partial charge in [0.1, 0.15) is 0 Å². The van der Waals surface area contributed by atoms with Crippen molar-refractivity contribution in [3.05, 3.63) is 95.1 Å². The van der Waals surface area contributed by atoms with Gasteiger partial charge in [-0.05, 0) is 78.7 Å². The quantitative estimate of drug-likeness (QED) is 0.176. The Kier molecular flexibility index (Phi) is 12.8. The number of nitrogens with one attached hydrogen (secondary N) is 1. The van der Waals surface area contributed by atoms with E-state index in [0.717, 1.165) is 59.4 Å². The Morgan fingerprint density at radius 2 is 1.48 bits per heavy atom. The third-order valence-corrected chi connectivity index (χ3v) is 8.98. The number of rotatable bonds is 13. The Morgan fingerprint density at radius 3 is 2.22 bits per heavy atom. The van der Waals surface area contributed by atoms with Crippen LogP contribution in [0.4, 0.5) is 0 Å². The number of carboxylic acids is 1. The van der Waals surface area contributed by atoms with E-state index in [1.807, 2.05) is 30.3 Å². The summed E-state index contributed by atoms with van der Waals surface area (Å²) in [6.07, 6.45) is 8.02. The average molecular weight is 629 g/mol. The summed E-state index contributed by atoms with van der Waals surface area (Å²) >= 11 is 0. The molecule has 1 amide bonds. The molecule has 8 heteroatoms. The summed E-state index contributed by atoms with van der Waals surface area (Å²) < 4.78 is 13.3. The van der Waals surface area contributed by atoms with Crippen molar-refractivity contribution in [2.24, 2.45) is 0 Å². The molecule has 2 saturated heterocycles. The predicted octanol–water partition coefficient (Wildman–Crippen LogP) is 6.92. The van der Waals surface area contributed by atoms with Gasteiger partial charge in [0, 0.05) is 37.9 Å². The van der Waals surface area contributed by atoms with Crippen molar-refractivity contribution in [2.45, 2.75) is 95.9 Å². The maximum atomic E-state index is 12.3. The van der Waals surface area contributed by atoms with Crippen molar-refractivity contribution >= 4 is 11.9 Å². The minimum atomic E-state index is -0.834. The van der Waals surface area contributed by atoms with E-state index in [1.165, 1.54) is 32.1 Å². The number of carbonyl (C=O) groups excluding carboxylic acids is 1. The number of unbranched alkanes of at least 4 members (excludes halogenated alkanes) is 1. The van der Waals surface area contributed by atoms with Crippen LogP contribution in [0, 0.1) is 0 Å². The first kappa shape index (κ1) is 33.8. The predicted molar refractivity (Wildman–Crippen MR) is 178 cm³/mol. The molecule has 2 heterocycles. The van der Waals surface area contributed by atoms with E-state index < -0.39 is 12.3 Å². The minimum Gasteiger partial charge on any atom is -0.481 e. The summed E-state index contributed by atoms with van der Waals surface area (Å²) in [5.41, 5.74) is 6.02. The molecule has 3 unspecified atom stereocenters. The van der Waals surface area contributed by atoms with Gasteiger partial charge in [0.05, 0.1) is 18.8 Å². The van der Waals surface area contributed by atoms with E-state index in [1.54, 1.807) is 0 Å². The van der Waals surface area contributed by atoms with Gasteiger partial charge in [-0.1, -0.05) is 79.9 Å². The first-order valence-corrected chi connectivity index (χ1v) is 16.9. The average Bonchev–Trinajstić information content (AvgIpc) is 3.07. The molecule has 5 rings (SSSR count). The second-order valence-electron chi connectivity index (χ2n) is 12.6. The fourth-order valence-electron chi connectivity index (χ4n) is 6.39. The van der Waals surface area contributed by atoms with E-state index in [9.17, 15) is 14.7 Å². The minimum absolute atomic E-state index is 0.0179. The zero-order chi connectivity index (χ0) is 32.1. The van der Waals surface area contributed by atoms with E-state index >= 15 is 0 Å². The summed E-state index contributed by atoms with van der Waals surface area (Å²) in [4.78, 5) is 25.5. The van der Waals surface area contributed by atoms with Crippen LogP contribution in [0.5, 0.6) is 0 Å². The number of ether oxygens (including phenoxy) is 2. The van der Waals surface area contributed by atoms with Gasteiger partial charge in [-0.25, -0.2) is 0 Å². The molecule has 2 aliphatic heterocycles. The van der Waals surface area contributed by atoms with Crippen LogP contribution in [-0.2, 0) is 32.2 Å². The van der Waals surface area contributed by atoms with Crippen LogP contribution in [0.3, 0.4) is 0 Å². The van der Waals surface area contributed by atoms with Crippen LogP contribution in [-0.4, -0.2) is 52.7 Å². The largest absolute Gasteiger partial charge is 0.481 e. The molecule has 3 atom stereocenters. The topological polar surface area (TPSA) is 108 Å². The lowest BCUT2D eigenvalue weighted by Gasteiger charge is -2.39. The van der Waals surface area contributed by atoms with Gasteiger partial charge in [-0.2, -0.15) is 0 Å². The highest BCUT2D eigenvalue weighted by molar-refractivity contribution is 5.76. The van der Waals surface area contributed by atoms with Crippen molar-refractivity contribution < 1.29 is 29.3 Å². The standard InChI is InChI=1S/C38H48N2O6/c41-27-28-16-18-30(19-17-28)35-24-34(26-40-20-6-2-1-3-7-21-40)45-38(46-35)33-13-9-12-32(23-33)31-11-8-10-29(22-31)25-39-36(42)14-4-5-15-37(43)44/h8-13,16-19,22-23,34-35,38,41H,1-7,14-15,20-21,24-27H2,(H,39,42)(H,43,44). The molecule has 46 heavy (non-hydrogen) atoms. The second-order valence-corrected chi connectivity index (χ2v) is 12.6. The molecule has 2 fully saturated rings. The number of hydrogen-bond acceptors (Lipinski definition) is 6. The number of likely N-dealkylation sites (tertiary alicyclic amines) is 1. The molecule has 0 aromatic heterocycles. The molecule has 3 aromatic carbocycles. The Bertz CT molecular complexity index is 1400. The number of nitrogens with zero attached hydrogens (tertiary/aromatic N) is 1. The molecule has 0 radical (unpaired) electrons. The fourth-order valence-corrected chi connectivity index (χ4v) is 6.39. The lowest BCUT2D eigenvalue weighted by Crippen LogP contribution is -2.40. The highest BCUT2D eigenvalue weighted by atomic mass is 16.7. The van der Waals surface area contributed by atoms with Crippen molar-refractivity contribution in [1.82, 2.24) is 10.2 Å². The smallest absolute Gasteiger partial charge is 0.303 e. The summed E-state index contributed by atoms with van der Waals surface area (Å²) in [5.74, 6) is -0.908. The first-order chi connectivity index (χ1) is 22.5. The Balaban J connectivity index is 1.28. The van der Waals surface area contributed by atoms with Gasteiger partial charge in [-0.3, -0.25) is 9.59 Å². The van der Waals surface area contributed by atoms with Gasteiger partial charge in [0.15, 0.2) is 6.29 Å². The Labute approximate surface area is 272 Å². The van der Waals surface area contributed by atoms with Crippen LogP contribution in [0.25, 0.3) is 11.1 Å². The number of benzene rings is 3. The summed E-state index contributed by atoms with van der Waals surface area (Å²) in [6.45, 7) is 3.54. The van der Waals surface area contributed by atoms with Crippen LogP contribution in [0.2, 0.25) is 0 Å². The van der Waals surface area contributed by atoms with Gasteiger partial charge in [-0.15, -0.1) is 0 Å². The molecule has 0 aliphatic carbocycles. The third-order valence-electron chi connectivity index (χ3n) is 8.98. The number of aliphatic hydroxyl groups is 1. The zero-order valence-corrected chi connectivity index (χ0v) is 26.7. The van der Waals surface area contributed by atoms with Gasteiger partial charge >= 0.3 is 5.97 Å². The van der Waals surface area contributed by atoms with E-state index in [-0.39, 0.29) is 31.1 Å². The normalized spacial score (nSPS) is 20.8.